The summed E-state index contributed by atoms with van der Waals surface area (Å²) < 4.78 is 5.32. The van der Waals surface area contributed by atoms with Gasteiger partial charge < -0.3 is 9.53 Å². The van der Waals surface area contributed by atoms with Crippen LogP contribution in [0.15, 0.2) is 12.2 Å². The molecule has 0 aromatic heterocycles. The van der Waals surface area contributed by atoms with Crippen LogP contribution in [0, 0.1) is 0 Å². The zero-order chi connectivity index (χ0) is 15.2. The van der Waals surface area contributed by atoms with Gasteiger partial charge in [-0.05, 0) is 45.4 Å². The van der Waals surface area contributed by atoms with Crippen molar-refractivity contribution in [1.82, 2.24) is 0 Å². The molecular weight excluding hydrogens is 252 g/mol. The van der Waals surface area contributed by atoms with E-state index in [-0.39, 0.29) is 17.9 Å². The van der Waals surface area contributed by atoms with Crippen LogP contribution in [-0.2, 0) is 14.3 Å². The average Bonchev–Trinajstić information content (AvgIpc) is 2.37. The van der Waals surface area contributed by atoms with Crippen molar-refractivity contribution in [2.75, 3.05) is 0 Å². The van der Waals surface area contributed by atoms with E-state index in [1.54, 1.807) is 6.92 Å². The number of ketones is 1. The Labute approximate surface area is 123 Å². The van der Waals surface area contributed by atoms with E-state index in [1.807, 2.05) is 0 Å². The third-order valence-electron chi connectivity index (χ3n) is 3.18. The first kappa shape index (κ1) is 18.9. The van der Waals surface area contributed by atoms with Crippen molar-refractivity contribution in [3.8, 4) is 0 Å². The van der Waals surface area contributed by atoms with Crippen LogP contribution < -0.4 is 0 Å². The minimum absolute atomic E-state index is 0.0820. The molecule has 1 unspecified atom stereocenters. The molecule has 3 heteroatoms. The fraction of sp³-hybridized carbons (Fsp3) is 0.765. The minimum Gasteiger partial charge on any atom is -0.463 e. The highest BCUT2D eigenvalue weighted by atomic mass is 16.5. The number of allylic oxidation sites excluding steroid dienone is 2. The predicted molar refractivity (Wildman–Crippen MR) is 82.6 cm³/mol. The van der Waals surface area contributed by atoms with Crippen LogP contribution in [0.4, 0.5) is 0 Å². The molecule has 1 atom stereocenters. The van der Waals surface area contributed by atoms with Crippen molar-refractivity contribution >= 4 is 11.8 Å². The van der Waals surface area contributed by atoms with Crippen molar-refractivity contribution < 1.29 is 14.3 Å². The lowest BCUT2D eigenvalue weighted by Crippen LogP contribution is -2.16. The van der Waals surface area contributed by atoms with Crippen molar-refractivity contribution in [2.45, 2.75) is 84.7 Å². The van der Waals surface area contributed by atoms with Gasteiger partial charge >= 0.3 is 5.97 Å². The molecule has 0 rings (SSSR count). The van der Waals surface area contributed by atoms with Gasteiger partial charge in [-0.15, -0.1) is 0 Å². The van der Waals surface area contributed by atoms with Gasteiger partial charge in [-0.3, -0.25) is 4.79 Å². The summed E-state index contributed by atoms with van der Waals surface area (Å²) >= 11 is 0. The van der Waals surface area contributed by atoms with Gasteiger partial charge in [0, 0.05) is 13.3 Å². The van der Waals surface area contributed by atoms with Crippen LogP contribution in [0.3, 0.4) is 0 Å². The highest BCUT2D eigenvalue weighted by Crippen LogP contribution is 2.13. The molecule has 0 N–H and O–H groups in total. The molecular formula is C17H30O3. The van der Waals surface area contributed by atoms with Gasteiger partial charge in [-0.25, -0.2) is 0 Å². The second kappa shape index (κ2) is 12.9. The summed E-state index contributed by atoms with van der Waals surface area (Å²) in [4.78, 5) is 21.8. The number of hydrogen-bond acceptors (Lipinski definition) is 3. The van der Waals surface area contributed by atoms with Crippen molar-refractivity contribution in [3.05, 3.63) is 12.2 Å². The Morgan fingerprint density at radius 3 is 2.15 bits per heavy atom. The summed E-state index contributed by atoms with van der Waals surface area (Å²) in [6.07, 6.45) is 13.2. The standard InChI is InChI=1S/C17H30O3/c1-4-5-13-17(20-16(3)19)14-11-9-7-6-8-10-12-15(2)18/h6-7,17H,4-5,8-14H2,1-3H3. The van der Waals surface area contributed by atoms with Crippen LogP contribution >= 0.6 is 0 Å². The molecule has 0 amide bonds. The van der Waals surface area contributed by atoms with E-state index in [0.717, 1.165) is 51.4 Å². The van der Waals surface area contributed by atoms with E-state index in [0.29, 0.717) is 6.42 Å². The monoisotopic (exact) mass is 282 g/mol. The second-order valence-corrected chi connectivity index (χ2v) is 5.37. The number of carbonyl (C=O) groups excluding carboxylic acids is 2. The summed E-state index contributed by atoms with van der Waals surface area (Å²) in [5.74, 6) is 0.0874. The van der Waals surface area contributed by atoms with Gasteiger partial charge in [0.05, 0.1) is 0 Å². The summed E-state index contributed by atoms with van der Waals surface area (Å²) in [5, 5.41) is 0. The molecule has 0 aliphatic carbocycles. The molecule has 0 aliphatic heterocycles. The molecule has 0 saturated heterocycles. The molecule has 0 aliphatic rings. The molecule has 3 nitrogen and oxygen atoms in total. The molecule has 0 aromatic carbocycles. The van der Waals surface area contributed by atoms with Gasteiger partial charge in [0.25, 0.3) is 0 Å². The van der Waals surface area contributed by atoms with Crippen LogP contribution in [0.25, 0.3) is 0 Å². The first-order valence-corrected chi connectivity index (χ1v) is 7.88. The summed E-state index contributed by atoms with van der Waals surface area (Å²) in [7, 11) is 0. The van der Waals surface area contributed by atoms with Gasteiger partial charge in [0.15, 0.2) is 0 Å². The smallest absolute Gasteiger partial charge is 0.302 e. The maximum atomic E-state index is 11.0. The normalized spacial score (nSPS) is 12.6. The third-order valence-corrected chi connectivity index (χ3v) is 3.18. The Morgan fingerprint density at radius 1 is 1.00 bits per heavy atom. The van der Waals surface area contributed by atoms with Crippen LogP contribution in [0.1, 0.15) is 78.6 Å². The highest BCUT2D eigenvalue weighted by molar-refractivity contribution is 5.75. The molecule has 20 heavy (non-hydrogen) atoms. The SMILES string of the molecule is CCCCC(CCCC=CCCCC(C)=O)OC(C)=O. The van der Waals surface area contributed by atoms with Crippen LogP contribution in [-0.4, -0.2) is 17.9 Å². The lowest BCUT2D eigenvalue weighted by molar-refractivity contribution is -0.147. The number of Topliss-reactive ketones (excluding diaryl/α,β-unsaturated/α-hetero) is 1. The second-order valence-electron chi connectivity index (χ2n) is 5.37. The summed E-state index contributed by atoms with van der Waals surface area (Å²) in [5.41, 5.74) is 0. The van der Waals surface area contributed by atoms with E-state index in [1.165, 1.54) is 6.92 Å². The van der Waals surface area contributed by atoms with Crippen molar-refractivity contribution in [1.29, 1.82) is 0 Å². The topological polar surface area (TPSA) is 43.4 Å². The number of hydrogen-bond donors (Lipinski definition) is 0. The number of ether oxygens (including phenoxy) is 1. The lowest BCUT2D eigenvalue weighted by atomic mass is 10.1. The molecule has 0 bridgehead atoms. The van der Waals surface area contributed by atoms with E-state index < -0.39 is 0 Å². The fourth-order valence-corrected chi connectivity index (χ4v) is 2.10. The maximum absolute atomic E-state index is 11.0. The highest BCUT2D eigenvalue weighted by Gasteiger charge is 2.10. The van der Waals surface area contributed by atoms with Crippen LogP contribution in [0.5, 0.6) is 0 Å². The Morgan fingerprint density at radius 2 is 1.60 bits per heavy atom. The van der Waals surface area contributed by atoms with Gasteiger partial charge in [0.2, 0.25) is 0 Å². The van der Waals surface area contributed by atoms with Gasteiger partial charge in [-0.2, -0.15) is 0 Å². The van der Waals surface area contributed by atoms with Crippen LogP contribution in [0.2, 0.25) is 0 Å². The minimum atomic E-state index is -0.175. The number of carbonyl (C=O) groups is 2. The van der Waals surface area contributed by atoms with Crippen molar-refractivity contribution in [2.24, 2.45) is 0 Å². The molecule has 116 valence electrons. The molecule has 0 radical (unpaired) electrons. The van der Waals surface area contributed by atoms with Gasteiger partial charge in [0.1, 0.15) is 11.9 Å². The molecule has 0 fully saturated rings. The summed E-state index contributed by atoms with van der Waals surface area (Å²) in [6, 6.07) is 0. The lowest BCUT2D eigenvalue weighted by Gasteiger charge is -2.16. The Hall–Kier alpha value is -1.12. The quantitative estimate of drug-likeness (QED) is 0.298. The first-order valence-electron chi connectivity index (χ1n) is 7.88. The summed E-state index contributed by atoms with van der Waals surface area (Å²) in [6.45, 7) is 5.26. The van der Waals surface area contributed by atoms with E-state index in [4.69, 9.17) is 4.74 Å². The average molecular weight is 282 g/mol. The largest absolute Gasteiger partial charge is 0.463 e. The molecule has 0 heterocycles. The van der Waals surface area contributed by atoms with E-state index in [9.17, 15) is 9.59 Å². The van der Waals surface area contributed by atoms with Crippen molar-refractivity contribution in [3.63, 3.8) is 0 Å². The maximum Gasteiger partial charge on any atom is 0.302 e. The number of rotatable bonds is 12. The Balaban J connectivity index is 3.68. The fourth-order valence-electron chi connectivity index (χ4n) is 2.10. The van der Waals surface area contributed by atoms with Gasteiger partial charge in [-0.1, -0.05) is 31.9 Å². The number of esters is 1. The number of unbranched alkanes of at least 4 members (excludes halogenated alkanes) is 3. The molecule has 0 aromatic rings. The predicted octanol–water partition coefficient (Wildman–Crippen LogP) is 4.59. The zero-order valence-electron chi connectivity index (χ0n) is 13.3. The third kappa shape index (κ3) is 13.3. The molecule has 0 saturated carbocycles. The molecule has 0 spiro atoms. The van der Waals surface area contributed by atoms with E-state index >= 15 is 0 Å². The van der Waals surface area contributed by atoms with E-state index in [2.05, 4.69) is 19.1 Å². The Bertz CT molecular complexity index is 295. The Kier molecular flexibility index (Phi) is 12.2. The zero-order valence-corrected chi connectivity index (χ0v) is 13.3. The first-order chi connectivity index (χ1) is 9.56.